The summed E-state index contributed by atoms with van der Waals surface area (Å²) in [6.07, 6.45) is 0.291. The van der Waals surface area contributed by atoms with Gasteiger partial charge in [-0.1, -0.05) is 6.92 Å². The van der Waals surface area contributed by atoms with Crippen LogP contribution in [0.2, 0.25) is 0 Å². The van der Waals surface area contributed by atoms with Crippen LogP contribution in [0.4, 0.5) is 4.79 Å². The summed E-state index contributed by atoms with van der Waals surface area (Å²) < 4.78 is 6.43. The van der Waals surface area contributed by atoms with Crippen LogP contribution in [-0.2, 0) is 11.8 Å². The molecule has 4 heterocycles. The van der Waals surface area contributed by atoms with Crippen molar-refractivity contribution in [2.75, 3.05) is 26.2 Å². The van der Waals surface area contributed by atoms with Crippen LogP contribution in [0.15, 0.2) is 15.7 Å². The van der Waals surface area contributed by atoms with Crippen LogP contribution < -0.4 is 11.2 Å². The number of aryl methyl sites for hydroxylation is 2. The van der Waals surface area contributed by atoms with Crippen LogP contribution in [0.25, 0.3) is 11.0 Å². The van der Waals surface area contributed by atoms with Crippen molar-refractivity contribution in [1.82, 2.24) is 24.3 Å². The zero-order valence-corrected chi connectivity index (χ0v) is 15.9. The van der Waals surface area contributed by atoms with Crippen molar-refractivity contribution in [2.24, 2.45) is 7.05 Å². The number of hydrogen-bond donors (Lipinski definition) is 1. The predicted octanol–water partition coefficient (Wildman–Crippen LogP) is -0.0130. The summed E-state index contributed by atoms with van der Waals surface area (Å²) in [7, 11) is 1.49. The van der Waals surface area contributed by atoms with Crippen molar-refractivity contribution in [2.45, 2.75) is 25.8 Å². The molecule has 2 aliphatic rings. The number of amides is 2. The van der Waals surface area contributed by atoms with Gasteiger partial charge in [-0.15, -0.1) is 0 Å². The van der Waals surface area contributed by atoms with E-state index < -0.39 is 16.8 Å². The van der Waals surface area contributed by atoms with Crippen molar-refractivity contribution in [3.05, 3.63) is 38.2 Å². The summed E-state index contributed by atoms with van der Waals surface area (Å²) in [6.45, 7) is 4.92. The van der Waals surface area contributed by atoms with Gasteiger partial charge in [0.1, 0.15) is 12.3 Å². The van der Waals surface area contributed by atoms with Crippen LogP contribution in [0, 0.1) is 6.92 Å². The molecule has 2 aromatic heterocycles. The van der Waals surface area contributed by atoms with Gasteiger partial charge in [-0.25, -0.2) is 14.6 Å². The van der Waals surface area contributed by atoms with Gasteiger partial charge in [0, 0.05) is 32.4 Å². The lowest BCUT2D eigenvalue weighted by atomic mass is 9.92. The van der Waals surface area contributed by atoms with Crippen LogP contribution in [0.5, 0.6) is 0 Å². The first kappa shape index (κ1) is 18.2. The molecule has 4 rings (SSSR count). The molecule has 2 amide bonds. The Balaban J connectivity index is 1.80. The first-order chi connectivity index (χ1) is 13.3. The minimum absolute atomic E-state index is 0.0874. The number of hydrogen-bond acceptors (Lipinski definition) is 6. The quantitative estimate of drug-likeness (QED) is 0.774. The lowest BCUT2D eigenvalue weighted by molar-refractivity contribution is 0.0363. The highest BCUT2D eigenvalue weighted by molar-refractivity contribution is 6.05. The van der Waals surface area contributed by atoms with Crippen LogP contribution in [-0.4, -0.2) is 68.1 Å². The van der Waals surface area contributed by atoms with E-state index in [2.05, 4.69) is 9.97 Å². The van der Waals surface area contributed by atoms with Crippen molar-refractivity contribution >= 4 is 23.0 Å². The summed E-state index contributed by atoms with van der Waals surface area (Å²) in [5.74, 6) is -0.327. The normalized spacial score (nSPS) is 21.8. The molecule has 0 saturated carbocycles. The van der Waals surface area contributed by atoms with E-state index >= 15 is 0 Å². The fraction of sp³-hybridized carbons (Fsp3) is 0.500. The highest BCUT2D eigenvalue weighted by Crippen LogP contribution is 2.32. The molecular formula is C18H21N5O5. The summed E-state index contributed by atoms with van der Waals surface area (Å²) >= 11 is 0. The third-order valence-electron chi connectivity index (χ3n) is 5.71. The van der Waals surface area contributed by atoms with Gasteiger partial charge in [-0.05, 0) is 19.4 Å². The molecule has 0 spiro atoms. The number of aromatic nitrogens is 3. The standard InChI is InChI=1S/C18H21N5O5/c1-4-18-8-22(5-6-23(18)17(27)28-9-18)15(25)11-7-10(2)19-13-12(11)14(24)20-16(26)21(13)3/h7H,4-6,8-9H2,1-3H3,(H,20,24,26). The van der Waals surface area contributed by atoms with Gasteiger partial charge in [0.05, 0.1) is 16.5 Å². The molecule has 2 saturated heterocycles. The van der Waals surface area contributed by atoms with Gasteiger partial charge in [-0.3, -0.25) is 24.0 Å². The van der Waals surface area contributed by atoms with E-state index in [1.54, 1.807) is 22.8 Å². The molecule has 0 aliphatic carbocycles. The van der Waals surface area contributed by atoms with Gasteiger partial charge in [0.15, 0.2) is 0 Å². The molecule has 0 bridgehead atoms. The summed E-state index contributed by atoms with van der Waals surface area (Å²) in [5, 5.41) is 0.0874. The maximum atomic E-state index is 13.4. The molecular weight excluding hydrogens is 366 g/mol. The van der Waals surface area contributed by atoms with E-state index in [1.807, 2.05) is 6.92 Å². The minimum Gasteiger partial charge on any atom is -0.447 e. The molecule has 0 radical (unpaired) electrons. The van der Waals surface area contributed by atoms with Crippen LogP contribution >= 0.6 is 0 Å². The Bertz CT molecular complexity index is 1120. The van der Waals surface area contributed by atoms with Gasteiger partial charge in [0.25, 0.3) is 11.5 Å². The minimum atomic E-state index is -0.642. The molecule has 0 aromatic carbocycles. The Morgan fingerprint density at radius 2 is 2.07 bits per heavy atom. The van der Waals surface area contributed by atoms with Crippen LogP contribution in [0.1, 0.15) is 29.4 Å². The molecule has 2 aliphatic heterocycles. The molecule has 148 valence electrons. The van der Waals surface area contributed by atoms with E-state index in [4.69, 9.17) is 4.74 Å². The number of carbonyl (C=O) groups excluding carboxylic acids is 2. The number of aromatic amines is 1. The molecule has 10 heteroatoms. The summed E-state index contributed by atoms with van der Waals surface area (Å²) in [6, 6.07) is 1.56. The monoisotopic (exact) mass is 387 g/mol. The molecule has 28 heavy (non-hydrogen) atoms. The smallest absolute Gasteiger partial charge is 0.410 e. The number of ether oxygens (including phenoxy) is 1. The van der Waals surface area contributed by atoms with Crippen molar-refractivity contribution in [3.63, 3.8) is 0 Å². The summed E-state index contributed by atoms with van der Waals surface area (Å²) in [5.41, 5.74) is -0.891. The van der Waals surface area contributed by atoms with Gasteiger partial charge >= 0.3 is 11.8 Å². The Hall–Kier alpha value is -3.17. The summed E-state index contributed by atoms with van der Waals surface area (Å²) in [4.78, 5) is 59.5. The van der Waals surface area contributed by atoms with Crippen molar-refractivity contribution < 1.29 is 14.3 Å². The number of nitrogens with zero attached hydrogens (tertiary/aromatic N) is 4. The van der Waals surface area contributed by atoms with Gasteiger partial charge < -0.3 is 9.64 Å². The molecule has 2 fully saturated rings. The second kappa shape index (κ2) is 6.18. The molecule has 1 atom stereocenters. The largest absolute Gasteiger partial charge is 0.447 e. The van der Waals surface area contributed by atoms with E-state index in [-0.39, 0.29) is 35.2 Å². The number of pyridine rings is 1. The maximum absolute atomic E-state index is 13.4. The topological polar surface area (TPSA) is 118 Å². The second-order valence-corrected chi connectivity index (χ2v) is 7.34. The van der Waals surface area contributed by atoms with Crippen LogP contribution in [0.3, 0.4) is 0 Å². The average Bonchev–Trinajstić information content (AvgIpc) is 3.01. The Morgan fingerprint density at radius 1 is 1.32 bits per heavy atom. The number of rotatable bonds is 2. The highest BCUT2D eigenvalue weighted by Gasteiger charge is 2.50. The molecule has 2 aromatic rings. The Kier molecular flexibility index (Phi) is 4.02. The fourth-order valence-corrected chi connectivity index (χ4v) is 4.04. The van der Waals surface area contributed by atoms with E-state index in [0.29, 0.717) is 31.7 Å². The second-order valence-electron chi connectivity index (χ2n) is 7.34. The highest BCUT2D eigenvalue weighted by atomic mass is 16.6. The third-order valence-corrected chi connectivity index (χ3v) is 5.71. The number of carbonyl (C=O) groups is 2. The first-order valence-electron chi connectivity index (χ1n) is 9.12. The van der Waals surface area contributed by atoms with E-state index in [9.17, 15) is 19.2 Å². The van der Waals surface area contributed by atoms with Gasteiger partial charge in [-0.2, -0.15) is 0 Å². The SMILES string of the molecule is CCC12COC(=O)N1CCN(C(=O)c1cc(C)nc3c1c(=O)[nH]c(=O)n3C)C2. The molecule has 10 nitrogen and oxygen atoms in total. The first-order valence-corrected chi connectivity index (χ1v) is 9.12. The zero-order chi connectivity index (χ0) is 20.2. The lowest BCUT2D eigenvalue weighted by Crippen LogP contribution is -2.62. The number of piperazine rings is 1. The van der Waals surface area contributed by atoms with Gasteiger partial charge in [0.2, 0.25) is 0 Å². The molecule has 1 unspecified atom stereocenters. The van der Waals surface area contributed by atoms with E-state index in [0.717, 1.165) is 0 Å². The number of cyclic esters (lactones) is 1. The average molecular weight is 387 g/mol. The zero-order valence-electron chi connectivity index (χ0n) is 15.9. The fourth-order valence-electron chi connectivity index (χ4n) is 4.04. The number of H-pyrrole nitrogens is 1. The van der Waals surface area contributed by atoms with E-state index in [1.165, 1.54) is 11.6 Å². The van der Waals surface area contributed by atoms with Crippen molar-refractivity contribution in [3.8, 4) is 0 Å². The molecule has 1 N–H and O–H groups in total. The third kappa shape index (κ3) is 2.51. The number of nitrogens with one attached hydrogen (secondary N) is 1. The lowest BCUT2D eigenvalue weighted by Gasteiger charge is -2.44. The van der Waals surface area contributed by atoms with Crippen molar-refractivity contribution in [1.29, 1.82) is 0 Å². The Morgan fingerprint density at radius 3 is 2.79 bits per heavy atom. The Labute approximate surface area is 159 Å². The predicted molar refractivity (Wildman–Crippen MR) is 99.3 cm³/mol. The number of fused-ring (bicyclic) bond motifs is 2. The maximum Gasteiger partial charge on any atom is 0.410 e.